The number of hydrogen-bond acceptors (Lipinski definition) is 2. The molecule has 0 aliphatic heterocycles. The number of thiophene rings is 1. The van der Waals surface area contributed by atoms with Gasteiger partial charge in [-0.3, -0.25) is 0 Å². The Balaban J connectivity index is 2.42. The molecule has 0 saturated heterocycles. The number of nitrogens with one attached hydrogen (secondary N) is 1. The summed E-state index contributed by atoms with van der Waals surface area (Å²) in [5.74, 6) is 0. The second-order valence-corrected chi connectivity index (χ2v) is 4.13. The molecule has 0 amide bonds. The summed E-state index contributed by atoms with van der Waals surface area (Å²) in [6.45, 7) is 0.892. The van der Waals surface area contributed by atoms with Crippen molar-refractivity contribution in [2.45, 2.75) is 6.54 Å². The molecule has 0 aromatic carbocycles. The van der Waals surface area contributed by atoms with Crippen molar-refractivity contribution in [2.24, 2.45) is 0 Å². The summed E-state index contributed by atoms with van der Waals surface area (Å²) < 4.78 is 0.853. The van der Waals surface area contributed by atoms with Gasteiger partial charge in [0, 0.05) is 11.4 Å². The minimum Gasteiger partial charge on any atom is -0.302 e. The van der Waals surface area contributed by atoms with Crippen LogP contribution in [0.2, 0.25) is 4.34 Å². The molecular weight excluding hydrogens is 233 g/mol. The van der Waals surface area contributed by atoms with Crippen LogP contribution in [-0.4, -0.2) is 5.45 Å². The maximum absolute atomic E-state index is 5.72. The summed E-state index contributed by atoms with van der Waals surface area (Å²) in [6, 6.07) is 3.94. The molecule has 4 heteroatoms. The summed E-state index contributed by atoms with van der Waals surface area (Å²) in [4.78, 5) is 1.27. The maximum atomic E-state index is 5.72. The minimum atomic E-state index is 0.822. The Bertz CT molecular complexity index is 201. The van der Waals surface area contributed by atoms with Crippen LogP contribution in [0.1, 0.15) is 4.88 Å². The predicted octanol–water partition coefficient (Wildman–Crippen LogP) is 2.84. The smallest absolute Gasteiger partial charge is 0.0931 e. The van der Waals surface area contributed by atoms with E-state index >= 15 is 0 Å². The van der Waals surface area contributed by atoms with Crippen molar-refractivity contribution in [1.82, 2.24) is 5.32 Å². The van der Waals surface area contributed by atoms with E-state index in [4.69, 9.17) is 11.6 Å². The fourth-order valence-electron chi connectivity index (χ4n) is 0.617. The molecule has 0 bridgehead atoms. The second-order valence-electron chi connectivity index (χ2n) is 1.77. The Morgan fingerprint density at radius 3 is 2.90 bits per heavy atom. The lowest BCUT2D eigenvalue weighted by Crippen LogP contribution is -2.08. The van der Waals surface area contributed by atoms with Crippen LogP contribution in [0.4, 0.5) is 0 Å². The predicted molar refractivity (Wildman–Crippen MR) is 50.0 cm³/mol. The largest absolute Gasteiger partial charge is 0.302 e. The minimum absolute atomic E-state index is 0.822. The quantitative estimate of drug-likeness (QED) is 0.633. The van der Waals surface area contributed by atoms with Crippen molar-refractivity contribution in [3.63, 3.8) is 0 Å². The molecule has 0 radical (unpaired) electrons. The van der Waals surface area contributed by atoms with Gasteiger partial charge in [-0.25, -0.2) is 0 Å². The number of hydrogen-bond donors (Lipinski definition) is 1. The first-order chi connectivity index (χ1) is 4.83. The van der Waals surface area contributed by atoms with Gasteiger partial charge in [-0.1, -0.05) is 27.5 Å². The first kappa shape index (κ1) is 8.53. The van der Waals surface area contributed by atoms with Crippen molar-refractivity contribution in [2.75, 3.05) is 5.45 Å². The zero-order valence-corrected chi connectivity index (χ0v) is 8.39. The molecule has 1 aromatic rings. The Labute approximate surface area is 77.5 Å². The summed E-state index contributed by atoms with van der Waals surface area (Å²) in [5, 5.41) is 3.15. The van der Waals surface area contributed by atoms with Crippen molar-refractivity contribution in [3.8, 4) is 0 Å². The van der Waals surface area contributed by atoms with Crippen LogP contribution in [0.5, 0.6) is 0 Å². The van der Waals surface area contributed by atoms with E-state index in [-0.39, 0.29) is 0 Å². The SMILES string of the molecule is Clc1ccc(CNCBr)s1. The third kappa shape index (κ3) is 2.58. The molecule has 1 heterocycles. The second kappa shape index (κ2) is 4.34. The third-order valence-corrected chi connectivity index (χ3v) is 2.65. The van der Waals surface area contributed by atoms with Gasteiger partial charge in [0.1, 0.15) is 0 Å². The lowest BCUT2D eigenvalue weighted by molar-refractivity contribution is 0.815. The van der Waals surface area contributed by atoms with Crippen molar-refractivity contribution in [1.29, 1.82) is 0 Å². The lowest BCUT2D eigenvalue weighted by atomic mass is 10.5. The normalized spacial score (nSPS) is 10.2. The third-order valence-electron chi connectivity index (χ3n) is 1.02. The Morgan fingerprint density at radius 2 is 2.40 bits per heavy atom. The zero-order valence-electron chi connectivity index (χ0n) is 5.23. The summed E-state index contributed by atoms with van der Waals surface area (Å²) in [6.07, 6.45) is 0. The topological polar surface area (TPSA) is 12.0 Å². The highest BCUT2D eigenvalue weighted by Gasteiger charge is 1.94. The Hall–Kier alpha value is 0.430. The van der Waals surface area contributed by atoms with Crippen LogP contribution < -0.4 is 5.32 Å². The molecule has 0 spiro atoms. The van der Waals surface area contributed by atoms with Crippen LogP contribution in [0.3, 0.4) is 0 Å². The number of rotatable bonds is 3. The average Bonchev–Trinajstić information content (AvgIpc) is 2.31. The van der Waals surface area contributed by atoms with E-state index in [0.29, 0.717) is 0 Å². The molecule has 1 rings (SSSR count). The highest BCUT2D eigenvalue weighted by molar-refractivity contribution is 9.09. The van der Waals surface area contributed by atoms with Crippen molar-refractivity contribution in [3.05, 3.63) is 21.3 Å². The van der Waals surface area contributed by atoms with E-state index in [1.54, 1.807) is 11.3 Å². The van der Waals surface area contributed by atoms with Gasteiger partial charge in [-0.05, 0) is 12.1 Å². The highest BCUT2D eigenvalue weighted by atomic mass is 79.9. The van der Waals surface area contributed by atoms with Gasteiger partial charge in [-0.15, -0.1) is 11.3 Å². The van der Waals surface area contributed by atoms with Gasteiger partial charge in [0.05, 0.1) is 9.79 Å². The maximum Gasteiger partial charge on any atom is 0.0931 e. The van der Waals surface area contributed by atoms with Gasteiger partial charge in [-0.2, -0.15) is 0 Å². The molecule has 0 fully saturated rings. The monoisotopic (exact) mass is 239 g/mol. The number of halogens is 2. The van der Waals surface area contributed by atoms with E-state index in [1.165, 1.54) is 4.88 Å². The molecule has 0 aliphatic rings. The van der Waals surface area contributed by atoms with E-state index in [1.807, 2.05) is 12.1 Å². The average molecular weight is 241 g/mol. The Morgan fingerprint density at radius 1 is 1.60 bits per heavy atom. The van der Waals surface area contributed by atoms with Crippen molar-refractivity contribution < 1.29 is 0 Å². The zero-order chi connectivity index (χ0) is 7.40. The molecule has 0 aliphatic carbocycles. The van der Waals surface area contributed by atoms with E-state index in [0.717, 1.165) is 16.3 Å². The van der Waals surface area contributed by atoms with Gasteiger partial charge in [0.15, 0.2) is 0 Å². The fraction of sp³-hybridized carbons (Fsp3) is 0.333. The van der Waals surface area contributed by atoms with E-state index in [9.17, 15) is 0 Å². The molecular formula is C6H7BrClNS. The molecule has 0 unspecified atom stereocenters. The summed E-state index contributed by atoms with van der Waals surface area (Å²) >= 11 is 10.6. The van der Waals surface area contributed by atoms with Gasteiger partial charge < -0.3 is 5.32 Å². The van der Waals surface area contributed by atoms with Crippen LogP contribution in [0, 0.1) is 0 Å². The van der Waals surface area contributed by atoms with Crippen LogP contribution >= 0.6 is 38.9 Å². The van der Waals surface area contributed by atoms with E-state index in [2.05, 4.69) is 21.2 Å². The van der Waals surface area contributed by atoms with Gasteiger partial charge in [0.2, 0.25) is 0 Å². The van der Waals surface area contributed by atoms with Crippen molar-refractivity contribution >= 4 is 38.9 Å². The molecule has 0 atom stereocenters. The lowest BCUT2D eigenvalue weighted by Gasteiger charge is -1.93. The number of alkyl halides is 1. The molecule has 1 aromatic heterocycles. The van der Waals surface area contributed by atoms with E-state index < -0.39 is 0 Å². The van der Waals surface area contributed by atoms with Crippen LogP contribution in [0.25, 0.3) is 0 Å². The van der Waals surface area contributed by atoms with Crippen LogP contribution in [-0.2, 0) is 6.54 Å². The molecule has 10 heavy (non-hydrogen) atoms. The molecule has 0 saturated carbocycles. The first-order valence-electron chi connectivity index (χ1n) is 2.84. The molecule has 1 nitrogen and oxygen atoms in total. The van der Waals surface area contributed by atoms with Gasteiger partial charge >= 0.3 is 0 Å². The summed E-state index contributed by atoms with van der Waals surface area (Å²) in [5.41, 5.74) is 0.822. The molecule has 56 valence electrons. The molecule has 1 N–H and O–H groups in total. The fourth-order valence-corrected chi connectivity index (χ4v) is 1.87. The standard InChI is InChI=1S/C6H7BrClNS/c7-4-9-3-5-1-2-6(8)10-5/h1-2,9H,3-4H2. The summed E-state index contributed by atoms with van der Waals surface area (Å²) in [7, 11) is 0. The highest BCUT2D eigenvalue weighted by Crippen LogP contribution is 2.20. The van der Waals surface area contributed by atoms with Crippen LogP contribution in [0.15, 0.2) is 12.1 Å². The first-order valence-corrected chi connectivity index (χ1v) is 5.15. The van der Waals surface area contributed by atoms with Gasteiger partial charge in [0.25, 0.3) is 0 Å². The Kier molecular flexibility index (Phi) is 3.70.